The molecular formula is C15H25NO5. The van der Waals surface area contributed by atoms with Crippen molar-refractivity contribution in [1.29, 1.82) is 0 Å². The second kappa shape index (κ2) is 7.75. The predicted octanol–water partition coefficient (Wildman–Crippen LogP) is 1.43. The third-order valence-corrected chi connectivity index (χ3v) is 4.20. The number of carboxylic acid groups (broad SMARTS) is 1. The molecule has 2 rings (SSSR count). The average molecular weight is 299 g/mol. The van der Waals surface area contributed by atoms with Gasteiger partial charge in [-0.2, -0.15) is 0 Å². The SMILES string of the molecule is C[C@H](OC1CCCCCC1)C(=O)N1CCO[C@H](C(=O)O)C1. The number of carboxylic acids is 1. The van der Waals surface area contributed by atoms with Gasteiger partial charge in [-0.3, -0.25) is 4.79 Å². The van der Waals surface area contributed by atoms with E-state index in [1.165, 1.54) is 12.8 Å². The van der Waals surface area contributed by atoms with Crippen LogP contribution in [0.4, 0.5) is 0 Å². The summed E-state index contributed by atoms with van der Waals surface area (Å²) < 4.78 is 11.0. The van der Waals surface area contributed by atoms with Crippen LogP contribution >= 0.6 is 0 Å². The van der Waals surface area contributed by atoms with Gasteiger partial charge in [0.15, 0.2) is 6.10 Å². The molecule has 1 heterocycles. The third-order valence-electron chi connectivity index (χ3n) is 4.20. The lowest BCUT2D eigenvalue weighted by Gasteiger charge is -2.33. The van der Waals surface area contributed by atoms with E-state index in [4.69, 9.17) is 14.6 Å². The molecule has 1 saturated carbocycles. The van der Waals surface area contributed by atoms with Crippen LogP contribution in [0.25, 0.3) is 0 Å². The highest BCUT2D eigenvalue weighted by atomic mass is 16.5. The monoisotopic (exact) mass is 299 g/mol. The summed E-state index contributed by atoms with van der Waals surface area (Å²) in [5.41, 5.74) is 0. The Balaban J connectivity index is 1.84. The maximum atomic E-state index is 12.4. The first-order valence-corrected chi connectivity index (χ1v) is 7.86. The van der Waals surface area contributed by atoms with Gasteiger partial charge in [0.1, 0.15) is 6.10 Å². The summed E-state index contributed by atoms with van der Waals surface area (Å²) in [6, 6.07) is 0. The van der Waals surface area contributed by atoms with Crippen LogP contribution in [0.3, 0.4) is 0 Å². The van der Waals surface area contributed by atoms with Gasteiger partial charge >= 0.3 is 5.97 Å². The quantitative estimate of drug-likeness (QED) is 0.795. The smallest absolute Gasteiger partial charge is 0.334 e. The molecule has 2 fully saturated rings. The van der Waals surface area contributed by atoms with Crippen LogP contribution in [0.2, 0.25) is 0 Å². The summed E-state index contributed by atoms with van der Waals surface area (Å²) >= 11 is 0. The van der Waals surface area contributed by atoms with Crippen molar-refractivity contribution in [2.75, 3.05) is 19.7 Å². The molecular weight excluding hydrogens is 274 g/mol. The Morgan fingerprint density at radius 2 is 1.90 bits per heavy atom. The largest absolute Gasteiger partial charge is 0.479 e. The van der Waals surface area contributed by atoms with Crippen LogP contribution in [-0.2, 0) is 19.1 Å². The number of aliphatic carboxylic acids is 1. The van der Waals surface area contributed by atoms with E-state index in [2.05, 4.69) is 0 Å². The lowest BCUT2D eigenvalue weighted by molar-refractivity contribution is -0.164. The van der Waals surface area contributed by atoms with E-state index in [9.17, 15) is 9.59 Å². The molecule has 6 heteroatoms. The first kappa shape index (κ1) is 16.2. The van der Waals surface area contributed by atoms with Crippen molar-refractivity contribution >= 4 is 11.9 Å². The fraction of sp³-hybridized carbons (Fsp3) is 0.867. The molecule has 21 heavy (non-hydrogen) atoms. The Morgan fingerprint density at radius 1 is 1.24 bits per heavy atom. The van der Waals surface area contributed by atoms with Crippen molar-refractivity contribution in [3.63, 3.8) is 0 Å². The molecule has 120 valence electrons. The van der Waals surface area contributed by atoms with Crippen molar-refractivity contribution < 1.29 is 24.2 Å². The first-order valence-electron chi connectivity index (χ1n) is 7.86. The van der Waals surface area contributed by atoms with E-state index in [1.807, 2.05) is 0 Å². The van der Waals surface area contributed by atoms with E-state index in [1.54, 1.807) is 11.8 Å². The van der Waals surface area contributed by atoms with Gasteiger partial charge in [0, 0.05) is 6.54 Å². The van der Waals surface area contributed by atoms with Crippen LogP contribution in [0.15, 0.2) is 0 Å². The maximum Gasteiger partial charge on any atom is 0.334 e. The Hall–Kier alpha value is -1.14. The molecule has 1 amide bonds. The standard InChI is InChI=1S/C15H25NO5/c1-11(21-12-6-4-2-3-5-7-12)14(17)16-8-9-20-13(10-16)15(18)19/h11-13H,2-10H2,1H3,(H,18,19)/t11-,13-/m0/s1. The zero-order valence-electron chi connectivity index (χ0n) is 12.6. The van der Waals surface area contributed by atoms with Crippen molar-refractivity contribution in [3.8, 4) is 0 Å². The Kier molecular flexibility index (Phi) is 5.99. The second-order valence-electron chi connectivity index (χ2n) is 5.87. The molecule has 0 spiro atoms. The molecule has 0 aromatic heterocycles. The van der Waals surface area contributed by atoms with Gasteiger partial charge in [-0.15, -0.1) is 0 Å². The lowest BCUT2D eigenvalue weighted by Crippen LogP contribution is -2.51. The number of hydrogen-bond acceptors (Lipinski definition) is 4. The number of carbonyl (C=O) groups excluding carboxylic acids is 1. The summed E-state index contributed by atoms with van der Waals surface area (Å²) in [7, 11) is 0. The maximum absolute atomic E-state index is 12.4. The van der Waals surface area contributed by atoms with Gasteiger partial charge in [-0.05, 0) is 19.8 Å². The molecule has 1 N–H and O–H groups in total. The van der Waals surface area contributed by atoms with E-state index in [0.717, 1.165) is 25.7 Å². The fourth-order valence-corrected chi connectivity index (χ4v) is 2.98. The number of ether oxygens (including phenoxy) is 2. The van der Waals surface area contributed by atoms with Crippen molar-refractivity contribution in [2.24, 2.45) is 0 Å². The van der Waals surface area contributed by atoms with Gasteiger partial charge in [0.05, 0.1) is 19.3 Å². The second-order valence-corrected chi connectivity index (χ2v) is 5.87. The number of morpholine rings is 1. The summed E-state index contributed by atoms with van der Waals surface area (Å²) in [6.45, 7) is 2.56. The minimum absolute atomic E-state index is 0.104. The fourth-order valence-electron chi connectivity index (χ4n) is 2.98. The molecule has 0 aromatic carbocycles. The van der Waals surface area contributed by atoms with E-state index in [-0.39, 0.29) is 25.2 Å². The van der Waals surface area contributed by atoms with Crippen LogP contribution in [0, 0.1) is 0 Å². The third kappa shape index (κ3) is 4.68. The number of rotatable bonds is 4. The van der Waals surface area contributed by atoms with Gasteiger partial charge < -0.3 is 19.5 Å². The molecule has 0 radical (unpaired) electrons. The summed E-state index contributed by atoms with van der Waals surface area (Å²) in [6.07, 6.45) is 5.54. The lowest BCUT2D eigenvalue weighted by atomic mass is 10.1. The summed E-state index contributed by atoms with van der Waals surface area (Å²) in [5.74, 6) is -1.15. The Bertz CT molecular complexity index is 365. The van der Waals surface area contributed by atoms with E-state index < -0.39 is 18.2 Å². The summed E-state index contributed by atoms with van der Waals surface area (Å²) in [5, 5.41) is 8.97. The van der Waals surface area contributed by atoms with Crippen LogP contribution in [0.5, 0.6) is 0 Å². The zero-order valence-corrected chi connectivity index (χ0v) is 12.6. The molecule has 1 aliphatic heterocycles. The minimum atomic E-state index is -1.02. The van der Waals surface area contributed by atoms with Gasteiger partial charge in [-0.1, -0.05) is 25.7 Å². The van der Waals surface area contributed by atoms with E-state index in [0.29, 0.717) is 6.54 Å². The molecule has 1 aliphatic carbocycles. The number of nitrogens with zero attached hydrogens (tertiary/aromatic N) is 1. The Morgan fingerprint density at radius 3 is 2.52 bits per heavy atom. The predicted molar refractivity (Wildman–Crippen MR) is 76.0 cm³/mol. The number of amides is 1. The minimum Gasteiger partial charge on any atom is -0.479 e. The highest BCUT2D eigenvalue weighted by molar-refractivity contribution is 5.82. The van der Waals surface area contributed by atoms with Crippen LogP contribution < -0.4 is 0 Å². The topological polar surface area (TPSA) is 76.1 Å². The number of carbonyl (C=O) groups is 2. The molecule has 2 aliphatic rings. The molecule has 0 bridgehead atoms. The molecule has 0 unspecified atom stereocenters. The van der Waals surface area contributed by atoms with E-state index >= 15 is 0 Å². The van der Waals surface area contributed by atoms with Crippen LogP contribution in [-0.4, -0.2) is 59.9 Å². The highest BCUT2D eigenvalue weighted by Crippen LogP contribution is 2.21. The summed E-state index contributed by atoms with van der Waals surface area (Å²) in [4.78, 5) is 24.9. The van der Waals surface area contributed by atoms with Gasteiger partial charge in [0.25, 0.3) is 5.91 Å². The average Bonchev–Trinajstić information content (AvgIpc) is 2.75. The highest BCUT2D eigenvalue weighted by Gasteiger charge is 2.32. The van der Waals surface area contributed by atoms with Crippen molar-refractivity contribution in [2.45, 2.75) is 63.8 Å². The molecule has 2 atom stereocenters. The normalized spacial score (nSPS) is 26.1. The molecule has 1 saturated heterocycles. The van der Waals surface area contributed by atoms with Gasteiger partial charge in [0.2, 0.25) is 0 Å². The number of hydrogen-bond donors (Lipinski definition) is 1. The Labute approximate surface area is 125 Å². The zero-order chi connectivity index (χ0) is 15.2. The molecule has 0 aromatic rings. The van der Waals surface area contributed by atoms with Crippen molar-refractivity contribution in [1.82, 2.24) is 4.90 Å². The van der Waals surface area contributed by atoms with Crippen LogP contribution in [0.1, 0.15) is 45.4 Å². The molecule has 6 nitrogen and oxygen atoms in total. The first-order chi connectivity index (χ1) is 10.1. The van der Waals surface area contributed by atoms with Gasteiger partial charge in [-0.25, -0.2) is 4.79 Å². The van der Waals surface area contributed by atoms with Crippen molar-refractivity contribution in [3.05, 3.63) is 0 Å².